The summed E-state index contributed by atoms with van der Waals surface area (Å²) in [7, 11) is 2.13. The second-order valence-electron chi connectivity index (χ2n) is 5.24. The number of aromatic nitrogens is 2. The predicted molar refractivity (Wildman–Crippen MR) is 70.0 cm³/mol. The van der Waals surface area contributed by atoms with Gasteiger partial charge in [-0.15, -0.1) is 0 Å². The molecule has 3 rings (SSSR count). The normalized spacial score (nSPS) is 24.6. The number of para-hydroxylation sites is 1. The van der Waals surface area contributed by atoms with Crippen LogP contribution in [0.3, 0.4) is 0 Å². The molecule has 90 valence electrons. The molecule has 2 N–H and O–H groups in total. The van der Waals surface area contributed by atoms with Gasteiger partial charge in [0.05, 0.1) is 11.0 Å². The van der Waals surface area contributed by atoms with E-state index in [9.17, 15) is 0 Å². The lowest BCUT2D eigenvalue weighted by molar-refractivity contribution is 0.621. The van der Waals surface area contributed by atoms with Crippen molar-refractivity contribution < 1.29 is 0 Å². The minimum atomic E-state index is 0.362. The largest absolute Gasteiger partial charge is 0.331 e. The summed E-state index contributed by atoms with van der Waals surface area (Å²) >= 11 is 0. The maximum Gasteiger partial charge on any atom is 0.112 e. The highest BCUT2D eigenvalue weighted by Crippen LogP contribution is 2.34. The van der Waals surface area contributed by atoms with Gasteiger partial charge in [0.25, 0.3) is 0 Å². The van der Waals surface area contributed by atoms with Crippen molar-refractivity contribution in [1.29, 1.82) is 0 Å². The Kier molecular flexibility index (Phi) is 2.44. The summed E-state index contributed by atoms with van der Waals surface area (Å²) in [6.07, 6.45) is 3.39. The molecule has 1 aromatic heterocycles. The van der Waals surface area contributed by atoms with Gasteiger partial charge in [-0.05, 0) is 37.8 Å². The van der Waals surface area contributed by atoms with E-state index in [1.165, 1.54) is 23.3 Å². The molecule has 1 aliphatic carbocycles. The number of imidazole rings is 1. The van der Waals surface area contributed by atoms with E-state index in [-0.39, 0.29) is 0 Å². The average molecular weight is 229 g/mol. The van der Waals surface area contributed by atoms with E-state index in [0.29, 0.717) is 12.0 Å². The lowest BCUT2D eigenvalue weighted by Crippen LogP contribution is -2.15. The van der Waals surface area contributed by atoms with Crippen LogP contribution in [0.5, 0.6) is 0 Å². The average Bonchev–Trinajstić information content (AvgIpc) is 2.84. The van der Waals surface area contributed by atoms with Crippen LogP contribution >= 0.6 is 0 Å². The topological polar surface area (TPSA) is 43.8 Å². The van der Waals surface area contributed by atoms with E-state index in [1.807, 2.05) is 0 Å². The molecule has 1 fully saturated rings. The Balaban J connectivity index is 2.12. The van der Waals surface area contributed by atoms with Crippen molar-refractivity contribution >= 4 is 11.0 Å². The first-order valence-corrected chi connectivity index (χ1v) is 6.34. The van der Waals surface area contributed by atoms with E-state index >= 15 is 0 Å². The molecule has 1 aromatic carbocycles. The van der Waals surface area contributed by atoms with Crippen molar-refractivity contribution in [1.82, 2.24) is 9.55 Å². The number of aryl methyl sites for hydroxylation is 2. The molecule has 0 bridgehead atoms. The van der Waals surface area contributed by atoms with E-state index in [4.69, 9.17) is 10.7 Å². The number of benzene rings is 1. The van der Waals surface area contributed by atoms with Gasteiger partial charge in [0.2, 0.25) is 0 Å². The van der Waals surface area contributed by atoms with Gasteiger partial charge in [-0.2, -0.15) is 0 Å². The Hall–Kier alpha value is -1.35. The highest BCUT2D eigenvalue weighted by atomic mass is 15.1. The molecular formula is C14H19N3. The number of rotatable bonds is 1. The summed E-state index contributed by atoms with van der Waals surface area (Å²) < 4.78 is 2.26. The van der Waals surface area contributed by atoms with Crippen LogP contribution in [0, 0.1) is 6.92 Å². The van der Waals surface area contributed by atoms with E-state index in [1.54, 1.807) is 0 Å². The van der Waals surface area contributed by atoms with Gasteiger partial charge in [0, 0.05) is 19.0 Å². The third-order valence-electron chi connectivity index (χ3n) is 3.97. The minimum Gasteiger partial charge on any atom is -0.331 e. The van der Waals surface area contributed by atoms with Crippen LogP contribution in [0.2, 0.25) is 0 Å². The number of hydrogen-bond donors (Lipinski definition) is 1. The zero-order valence-electron chi connectivity index (χ0n) is 10.5. The summed E-state index contributed by atoms with van der Waals surface area (Å²) in [5.74, 6) is 1.75. The first kappa shape index (κ1) is 10.8. The number of nitrogens with zero attached hydrogens (tertiary/aromatic N) is 2. The zero-order chi connectivity index (χ0) is 12.0. The fourth-order valence-corrected chi connectivity index (χ4v) is 3.10. The van der Waals surface area contributed by atoms with E-state index in [0.717, 1.165) is 18.4 Å². The summed E-state index contributed by atoms with van der Waals surface area (Å²) in [6.45, 7) is 2.15. The van der Waals surface area contributed by atoms with Gasteiger partial charge in [-0.1, -0.05) is 12.1 Å². The minimum absolute atomic E-state index is 0.362. The third kappa shape index (κ3) is 1.65. The molecule has 2 atom stereocenters. The lowest BCUT2D eigenvalue weighted by atomic mass is 10.1. The fourth-order valence-electron chi connectivity index (χ4n) is 3.10. The number of hydrogen-bond acceptors (Lipinski definition) is 2. The van der Waals surface area contributed by atoms with Crippen molar-refractivity contribution in [3.8, 4) is 0 Å². The van der Waals surface area contributed by atoms with Crippen LogP contribution in [0.15, 0.2) is 18.2 Å². The molecule has 2 aromatic rings. The van der Waals surface area contributed by atoms with Gasteiger partial charge < -0.3 is 10.3 Å². The quantitative estimate of drug-likeness (QED) is 0.816. The smallest absolute Gasteiger partial charge is 0.112 e. The van der Waals surface area contributed by atoms with Crippen molar-refractivity contribution in [2.45, 2.75) is 38.1 Å². The van der Waals surface area contributed by atoms with Crippen molar-refractivity contribution in [2.75, 3.05) is 0 Å². The molecule has 3 heteroatoms. The van der Waals surface area contributed by atoms with Crippen molar-refractivity contribution in [3.05, 3.63) is 29.6 Å². The molecule has 1 saturated carbocycles. The molecule has 0 saturated heterocycles. The third-order valence-corrected chi connectivity index (χ3v) is 3.97. The molecule has 1 aliphatic rings. The summed E-state index contributed by atoms with van der Waals surface area (Å²) in [5.41, 5.74) is 9.68. The van der Waals surface area contributed by atoms with Crippen LogP contribution in [0.1, 0.15) is 36.6 Å². The Labute approximate surface area is 102 Å². The standard InChI is InChI=1S/C14H19N3/c1-9-4-3-5-12-13(9)17(2)14(16-12)10-6-7-11(15)8-10/h3-5,10-11H,6-8,15H2,1-2H3. The molecule has 3 nitrogen and oxygen atoms in total. The number of nitrogens with two attached hydrogens (primary N) is 1. The second-order valence-corrected chi connectivity index (χ2v) is 5.24. The van der Waals surface area contributed by atoms with E-state index < -0.39 is 0 Å². The molecule has 0 amide bonds. The van der Waals surface area contributed by atoms with Crippen molar-refractivity contribution in [3.63, 3.8) is 0 Å². The van der Waals surface area contributed by atoms with Crippen LogP contribution in [0.4, 0.5) is 0 Å². The second kappa shape index (κ2) is 3.84. The summed E-state index contributed by atoms with van der Waals surface area (Å²) in [6, 6.07) is 6.69. The Morgan fingerprint density at radius 1 is 1.35 bits per heavy atom. The molecule has 0 spiro atoms. The van der Waals surface area contributed by atoms with Crippen LogP contribution < -0.4 is 5.73 Å². The molecular weight excluding hydrogens is 210 g/mol. The highest BCUT2D eigenvalue weighted by molar-refractivity contribution is 5.79. The maximum absolute atomic E-state index is 6.00. The fraction of sp³-hybridized carbons (Fsp3) is 0.500. The van der Waals surface area contributed by atoms with Gasteiger partial charge in [0.15, 0.2) is 0 Å². The maximum atomic E-state index is 6.00. The van der Waals surface area contributed by atoms with Gasteiger partial charge >= 0.3 is 0 Å². The monoisotopic (exact) mass is 229 g/mol. The molecule has 2 unspecified atom stereocenters. The Bertz CT molecular complexity index is 556. The molecule has 1 heterocycles. The van der Waals surface area contributed by atoms with Crippen molar-refractivity contribution in [2.24, 2.45) is 12.8 Å². The molecule has 17 heavy (non-hydrogen) atoms. The molecule has 0 aliphatic heterocycles. The lowest BCUT2D eigenvalue weighted by Gasteiger charge is -2.10. The zero-order valence-corrected chi connectivity index (χ0v) is 10.5. The highest BCUT2D eigenvalue weighted by Gasteiger charge is 2.27. The van der Waals surface area contributed by atoms with Gasteiger partial charge in [0.1, 0.15) is 5.82 Å². The van der Waals surface area contributed by atoms with E-state index in [2.05, 4.69) is 36.7 Å². The number of fused-ring (bicyclic) bond motifs is 1. The van der Waals surface area contributed by atoms with Gasteiger partial charge in [-0.3, -0.25) is 0 Å². The first-order chi connectivity index (χ1) is 8.16. The predicted octanol–water partition coefficient (Wildman–Crippen LogP) is 2.48. The van der Waals surface area contributed by atoms with Gasteiger partial charge in [-0.25, -0.2) is 4.98 Å². The summed E-state index contributed by atoms with van der Waals surface area (Å²) in [5, 5.41) is 0. The SMILES string of the molecule is Cc1cccc2nc(C3CCC(N)C3)n(C)c12. The van der Waals surface area contributed by atoms with Crippen LogP contribution in [-0.2, 0) is 7.05 Å². The molecule has 0 radical (unpaired) electrons. The first-order valence-electron chi connectivity index (χ1n) is 6.34. The van der Waals surface area contributed by atoms with Crippen LogP contribution in [-0.4, -0.2) is 15.6 Å². The summed E-state index contributed by atoms with van der Waals surface area (Å²) in [4.78, 5) is 4.80. The Morgan fingerprint density at radius 2 is 2.18 bits per heavy atom. The van der Waals surface area contributed by atoms with Crippen LogP contribution in [0.25, 0.3) is 11.0 Å². The Morgan fingerprint density at radius 3 is 2.82 bits per heavy atom.